The van der Waals surface area contributed by atoms with Gasteiger partial charge in [0, 0.05) is 36.0 Å². The Bertz CT molecular complexity index is 862. The van der Waals surface area contributed by atoms with Crippen LogP contribution < -0.4 is 9.80 Å². The van der Waals surface area contributed by atoms with Gasteiger partial charge < -0.3 is 4.90 Å². The molecule has 0 unspecified atom stereocenters. The van der Waals surface area contributed by atoms with Crippen molar-refractivity contribution in [3.63, 3.8) is 0 Å². The number of carbonyl (C=O) groups is 1. The van der Waals surface area contributed by atoms with E-state index < -0.39 is 0 Å². The molecular formula is C21H20BrN3O. The van der Waals surface area contributed by atoms with Crippen LogP contribution in [0.2, 0.25) is 0 Å². The van der Waals surface area contributed by atoms with Gasteiger partial charge in [0.15, 0.2) is 0 Å². The van der Waals surface area contributed by atoms with Crippen LogP contribution in [-0.4, -0.2) is 25.0 Å². The number of pyridine rings is 1. The van der Waals surface area contributed by atoms with Gasteiger partial charge in [-0.1, -0.05) is 34.1 Å². The van der Waals surface area contributed by atoms with Crippen molar-refractivity contribution >= 4 is 33.3 Å². The van der Waals surface area contributed by atoms with Gasteiger partial charge in [0.1, 0.15) is 5.82 Å². The van der Waals surface area contributed by atoms with Crippen molar-refractivity contribution in [1.29, 1.82) is 0 Å². The summed E-state index contributed by atoms with van der Waals surface area (Å²) in [6, 6.07) is 21.1. The van der Waals surface area contributed by atoms with E-state index in [4.69, 9.17) is 0 Å². The number of benzene rings is 2. The Morgan fingerprint density at radius 2 is 1.65 bits per heavy atom. The third-order valence-electron chi connectivity index (χ3n) is 4.06. The molecule has 4 nitrogen and oxygen atoms in total. The maximum Gasteiger partial charge on any atom is 0.259 e. The van der Waals surface area contributed by atoms with Gasteiger partial charge in [-0.25, -0.2) is 4.98 Å². The minimum absolute atomic E-state index is 0.0760. The van der Waals surface area contributed by atoms with Gasteiger partial charge in [-0.3, -0.25) is 9.69 Å². The Morgan fingerprint density at radius 1 is 0.962 bits per heavy atom. The number of carbonyl (C=O) groups excluding carboxylic acids is 1. The Kier molecular flexibility index (Phi) is 5.68. The molecule has 1 heterocycles. The second-order valence-corrected chi connectivity index (χ2v) is 7.06. The Morgan fingerprint density at radius 3 is 2.23 bits per heavy atom. The van der Waals surface area contributed by atoms with Gasteiger partial charge in [0.2, 0.25) is 0 Å². The number of amides is 1. The van der Waals surface area contributed by atoms with Crippen LogP contribution in [0.4, 0.5) is 11.5 Å². The van der Waals surface area contributed by atoms with Crippen LogP contribution in [0, 0.1) is 0 Å². The van der Waals surface area contributed by atoms with E-state index in [0.717, 1.165) is 15.7 Å². The molecule has 0 radical (unpaired) electrons. The molecule has 132 valence electrons. The van der Waals surface area contributed by atoms with E-state index in [1.54, 1.807) is 11.1 Å². The van der Waals surface area contributed by atoms with E-state index in [-0.39, 0.29) is 5.91 Å². The van der Waals surface area contributed by atoms with Crippen molar-refractivity contribution in [3.05, 3.63) is 88.5 Å². The summed E-state index contributed by atoms with van der Waals surface area (Å²) >= 11 is 3.41. The Balaban J connectivity index is 1.91. The normalized spacial score (nSPS) is 10.4. The summed E-state index contributed by atoms with van der Waals surface area (Å²) in [4.78, 5) is 21.2. The third-order valence-corrected chi connectivity index (χ3v) is 4.58. The first-order valence-electron chi connectivity index (χ1n) is 8.29. The molecule has 0 aliphatic rings. The first-order chi connectivity index (χ1) is 12.5. The van der Waals surface area contributed by atoms with Crippen molar-refractivity contribution in [2.45, 2.75) is 6.54 Å². The molecule has 0 aliphatic heterocycles. The molecular weight excluding hydrogens is 390 g/mol. The van der Waals surface area contributed by atoms with Crippen LogP contribution >= 0.6 is 15.9 Å². The summed E-state index contributed by atoms with van der Waals surface area (Å²) in [6.07, 6.45) is 1.70. The van der Waals surface area contributed by atoms with E-state index in [1.165, 1.54) is 0 Å². The Labute approximate surface area is 162 Å². The van der Waals surface area contributed by atoms with Crippen LogP contribution in [0.25, 0.3) is 0 Å². The minimum atomic E-state index is -0.0760. The number of aromatic nitrogens is 1. The minimum Gasteiger partial charge on any atom is -0.378 e. The van der Waals surface area contributed by atoms with Gasteiger partial charge in [-0.05, 0) is 54.1 Å². The highest BCUT2D eigenvalue weighted by atomic mass is 79.9. The summed E-state index contributed by atoms with van der Waals surface area (Å²) in [7, 11) is 4.01. The standard InChI is InChI=1S/C21H20BrN3O/c1-24(2)19-12-6-16(7-13-19)15-25(20-5-3-4-14-23-20)21(26)17-8-10-18(22)11-9-17/h3-14H,15H2,1-2H3. The zero-order chi connectivity index (χ0) is 18.5. The molecule has 0 saturated heterocycles. The molecule has 0 aliphatic carbocycles. The Hall–Kier alpha value is -2.66. The fourth-order valence-electron chi connectivity index (χ4n) is 2.60. The zero-order valence-electron chi connectivity index (χ0n) is 14.8. The van der Waals surface area contributed by atoms with Gasteiger partial charge in [-0.15, -0.1) is 0 Å². The fourth-order valence-corrected chi connectivity index (χ4v) is 2.86. The molecule has 1 amide bonds. The zero-order valence-corrected chi connectivity index (χ0v) is 16.3. The molecule has 0 saturated carbocycles. The third kappa shape index (κ3) is 4.29. The van der Waals surface area contributed by atoms with Gasteiger partial charge in [-0.2, -0.15) is 0 Å². The topological polar surface area (TPSA) is 36.4 Å². The van der Waals surface area contributed by atoms with Crippen molar-refractivity contribution in [2.75, 3.05) is 23.9 Å². The lowest BCUT2D eigenvalue weighted by atomic mass is 10.1. The number of halogens is 1. The number of rotatable bonds is 5. The maximum atomic E-state index is 13.1. The predicted octanol–water partition coefficient (Wildman–Crippen LogP) is 4.76. The summed E-state index contributed by atoms with van der Waals surface area (Å²) in [6.45, 7) is 0.458. The van der Waals surface area contributed by atoms with Crippen LogP contribution in [0.15, 0.2) is 77.4 Å². The van der Waals surface area contributed by atoms with Gasteiger partial charge in [0.25, 0.3) is 5.91 Å². The lowest BCUT2D eigenvalue weighted by Gasteiger charge is -2.22. The van der Waals surface area contributed by atoms with Crippen molar-refractivity contribution in [2.24, 2.45) is 0 Å². The number of nitrogens with zero attached hydrogens (tertiary/aromatic N) is 3. The second-order valence-electron chi connectivity index (χ2n) is 6.15. The van der Waals surface area contributed by atoms with Crippen molar-refractivity contribution in [3.8, 4) is 0 Å². The van der Waals surface area contributed by atoms with Gasteiger partial charge in [0.05, 0.1) is 6.54 Å². The average Bonchev–Trinajstić information content (AvgIpc) is 2.67. The lowest BCUT2D eigenvalue weighted by molar-refractivity contribution is 0.0984. The quantitative estimate of drug-likeness (QED) is 0.609. The molecule has 0 atom stereocenters. The molecule has 3 aromatic rings. The average molecular weight is 410 g/mol. The largest absolute Gasteiger partial charge is 0.378 e. The maximum absolute atomic E-state index is 13.1. The second kappa shape index (κ2) is 8.15. The van der Waals surface area contributed by atoms with Gasteiger partial charge >= 0.3 is 0 Å². The molecule has 2 aromatic carbocycles. The number of hydrogen-bond donors (Lipinski definition) is 0. The molecule has 5 heteroatoms. The summed E-state index contributed by atoms with van der Waals surface area (Å²) < 4.78 is 0.942. The van der Waals surface area contributed by atoms with E-state index in [2.05, 4.69) is 33.0 Å². The highest BCUT2D eigenvalue weighted by Gasteiger charge is 2.19. The van der Waals surface area contributed by atoms with Crippen molar-refractivity contribution < 1.29 is 4.79 Å². The molecule has 0 fully saturated rings. The monoisotopic (exact) mass is 409 g/mol. The van der Waals surface area contributed by atoms with E-state index >= 15 is 0 Å². The van der Waals surface area contributed by atoms with Crippen LogP contribution in [0.5, 0.6) is 0 Å². The summed E-state index contributed by atoms with van der Waals surface area (Å²) in [5, 5.41) is 0. The number of hydrogen-bond acceptors (Lipinski definition) is 3. The SMILES string of the molecule is CN(C)c1ccc(CN(C(=O)c2ccc(Br)cc2)c2ccccn2)cc1. The molecule has 26 heavy (non-hydrogen) atoms. The van der Waals surface area contributed by atoms with E-state index in [1.807, 2.05) is 73.6 Å². The van der Waals surface area contributed by atoms with Crippen LogP contribution in [0.3, 0.4) is 0 Å². The van der Waals surface area contributed by atoms with E-state index in [9.17, 15) is 4.79 Å². The first kappa shape index (κ1) is 18.1. The number of anilines is 2. The van der Waals surface area contributed by atoms with Crippen LogP contribution in [-0.2, 0) is 6.54 Å². The molecule has 0 N–H and O–H groups in total. The van der Waals surface area contributed by atoms with Crippen molar-refractivity contribution in [1.82, 2.24) is 4.98 Å². The highest BCUT2D eigenvalue weighted by molar-refractivity contribution is 9.10. The highest BCUT2D eigenvalue weighted by Crippen LogP contribution is 2.20. The van der Waals surface area contributed by atoms with Crippen LogP contribution in [0.1, 0.15) is 15.9 Å². The first-order valence-corrected chi connectivity index (χ1v) is 9.08. The smallest absolute Gasteiger partial charge is 0.259 e. The predicted molar refractivity (Wildman–Crippen MR) is 110 cm³/mol. The molecule has 0 spiro atoms. The molecule has 1 aromatic heterocycles. The van der Waals surface area contributed by atoms with E-state index in [0.29, 0.717) is 17.9 Å². The lowest BCUT2D eigenvalue weighted by Crippen LogP contribution is -2.31. The molecule has 0 bridgehead atoms. The summed E-state index contributed by atoms with van der Waals surface area (Å²) in [5.41, 5.74) is 2.80. The summed E-state index contributed by atoms with van der Waals surface area (Å²) in [5.74, 6) is 0.560. The molecule has 3 rings (SSSR count). The fraction of sp³-hybridized carbons (Fsp3) is 0.143.